The maximum absolute atomic E-state index is 12.5. The van der Waals surface area contributed by atoms with E-state index >= 15 is 0 Å². The number of carbonyl (C=O) groups is 2. The number of carbonyl (C=O) groups excluding carboxylic acids is 2. The number of ether oxygens (including phenoxy) is 1. The number of nitrogens with zero attached hydrogens (tertiary/aromatic N) is 2. The molecule has 0 aliphatic heterocycles. The molecule has 0 unspecified atom stereocenters. The molecule has 6 heteroatoms. The van der Waals surface area contributed by atoms with Crippen LogP contribution in [0.3, 0.4) is 0 Å². The van der Waals surface area contributed by atoms with Gasteiger partial charge in [-0.2, -0.15) is 5.10 Å². The Morgan fingerprint density at radius 2 is 1.89 bits per heavy atom. The Morgan fingerprint density at radius 3 is 2.54 bits per heavy atom. The third-order valence-electron chi connectivity index (χ3n) is 5.87. The second kappa shape index (κ2) is 8.59. The van der Waals surface area contributed by atoms with Crippen LogP contribution in [-0.2, 0) is 9.53 Å². The van der Waals surface area contributed by atoms with Crippen LogP contribution in [0, 0.1) is 18.8 Å². The summed E-state index contributed by atoms with van der Waals surface area (Å²) in [6, 6.07) is 9.06. The van der Waals surface area contributed by atoms with Crippen LogP contribution in [0.25, 0.3) is 5.69 Å². The lowest BCUT2D eigenvalue weighted by Gasteiger charge is -2.35. The molecule has 0 saturated heterocycles. The molecule has 4 atom stereocenters. The fourth-order valence-electron chi connectivity index (χ4n) is 3.75. The first kappa shape index (κ1) is 20.1. The molecule has 1 saturated carbocycles. The van der Waals surface area contributed by atoms with Gasteiger partial charge < -0.3 is 10.1 Å². The van der Waals surface area contributed by atoms with Crippen LogP contribution in [0.5, 0.6) is 0 Å². The first-order valence-electron chi connectivity index (χ1n) is 9.99. The Balaban J connectivity index is 1.57. The van der Waals surface area contributed by atoms with E-state index in [2.05, 4.69) is 24.3 Å². The van der Waals surface area contributed by atoms with Crippen molar-refractivity contribution >= 4 is 11.9 Å². The summed E-state index contributed by atoms with van der Waals surface area (Å²) in [5, 5.41) is 7.31. The Bertz CT molecular complexity index is 828. The molecule has 1 fully saturated rings. The lowest BCUT2D eigenvalue weighted by molar-refractivity contribution is -0.130. The average molecular weight is 383 g/mol. The maximum Gasteiger partial charge on any atom is 0.338 e. The minimum atomic E-state index is -0.829. The third kappa shape index (κ3) is 4.43. The van der Waals surface area contributed by atoms with Gasteiger partial charge in [0.2, 0.25) is 0 Å². The molecule has 1 heterocycles. The zero-order valence-corrected chi connectivity index (χ0v) is 17.0. The fraction of sp³-hybridized carbons (Fsp3) is 0.500. The van der Waals surface area contributed by atoms with E-state index < -0.39 is 12.1 Å². The molecule has 28 heavy (non-hydrogen) atoms. The van der Waals surface area contributed by atoms with Crippen molar-refractivity contribution in [2.24, 2.45) is 11.8 Å². The largest absolute Gasteiger partial charge is 0.449 e. The highest BCUT2D eigenvalue weighted by atomic mass is 16.5. The van der Waals surface area contributed by atoms with E-state index in [9.17, 15) is 9.59 Å². The monoisotopic (exact) mass is 383 g/mol. The number of hydrogen-bond donors (Lipinski definition) is 1. The van der Waals surface area contributed by atoms with Crippen molar-refractivity contribution in [3.63, 3.8) is 0 Å². The molecular weight excluding hydrogens is 354 g/mol. The summed E-state index contributed by atoms with van der Waals surface area (Å²) >= 11 is 0. The Morgan fingerprint density at radius 1 is 1.18 bits per heavy atom. The predicted molar refractivity (Wildman–Crippen MR) is 107 cm³/mol. The van der Waals surface area contributed by atoms with E-state index in [0.29, 0.717) is 17.4 Å². The summed E-state index contributed by atoms with van der Waals surface area (Å²) < 4.78 is 7.17. The van der Waals surface area contributed by atoms with Crippen molar-refractivity contribution in [2.75, 3.05) is 0 Å². The molecule has 150 valence electrons. The van der Waals surface area contributed by atoms with Crippen LogP contribution in [0.15, 0.2) is 36.5 Å². The summed E-state index contributed by atoms with van der Waals surface area (Å²) in [5.74, 6) is 0.285. The Kier molecular flexibility index (Phi) is 6.17. The van der Waals surface area contributed by atoms with Gasteiger partial charge in [0.1, 0.15) is 0 Å². The smallest absolute Gasteiger partial charge is 0.338 e. The zero-order chi connectivity index (χ0) is 20.3. The van der Waals surface area contributed by atoms with Gasteiger partial charge in [-0.25, -0.2) is 9.48 Å². The van der Waals surface area contributed by atoms with Crippen molar-refractivity contribution in [1.82, 2.24) is 15.1 Å². The van der Waals surface area contributed by atoms with Gasteiger partial charge in [0.05, 0.1) is 11.3 Å². The third-order valence-corrected chi connectivity index (χ3v) is 5.87. The molecular formula is C22H29N3O3. The number of benzene rings is 1. The lowest BCUT2D eigenvalue weighted by atomic mass is 9.78. The topological polar surface area (TPSA) is 73.2 Å². The Hall–Kier alpha value is -2.63. The summed E-state index contributed by atoms with van der Waals surface area (Å²) in [7, 11) is 0. The lowest BCUT2D eigenvalue weighted by Crippen LogP contribution is -2.47. The molecule has 1 aliphatic rings. The van der Waals surface area contributed by atoms with Crippen LogP contribution in [0.1, 0.15) is 56.1 Å². The van der Waals surface area contributed by atoms with Gasteiger partial charge >= 0.3 is 5.97 Å². The van der Waals surface area contributed by atoms with E-state index in [4.69, 9.17) is 4.74 Å². The molecule has 0 radical (unpaired) electrons. The van der Waals surface area contributed by atoms with Crippen LogP contribution < -0.4 is 5.32 Å². The van der Waals surface area contributed by atoms with Crippen molar-refractivity contribution in [1.29, 1.82) is 0 Å². The van der Waals surface area contributed by atoms with Crippen LogP contribution in [0.4, 0.5) is 0 Å². The van der Waals surface area contributed by atoms with E-state index in [0.717, 1.165) is 24.2 Å². The van der Waals surface area contributed by atoms with Crippen molar-refractivity contribution in [3.05, 3.63) is 47.8 Å². The molecule has 1 aromatic heterocycles. The quantitative estimate of drug-likeness (QED) is 0.800. The molecule has 6 nitrogen and oxygen atoms in total. The minimum Gasteiger partial charge on any atom is -0.449 e. The standard InChI is InChI=1S/C22H29N3O3/c1-14-6-5-7-20(16(14)3)24-21(26)17(4)28-22(27)18-8-10-19(11-9-18)25-15(2)12-13-23-25/h8-14,16-17,20H,5-7H2,1-4H3,(H,24,26)/t14-,16-,17+,20+/m0/s1. The molecule has 1 N–H and O–H groups in total. The normalized spacial score (nSPS) is 23.1. The van der Waals surface area contributed by atoms with Gasteiger partial charge in [0.25, 0.3) is 5.91 Å². The highest BCUT2D eigenvalue weighted by Gasteiger charge is 2.30. The van der Waals surface area contributed by atoms with Gasteiger partial charge in [-0.05, 0) is 62.4 Å². The second-order valence-electron chi connectivity index (χ2n) is 7.86. The molecule has 1 amide bonds. The highest BCUT2D eigenvalue weighted by Crippen LogP contribution is 2.29. The summed E-state index contributed by atoms with van der Waals surface area (Å²) in [5.41, 5.74) is 2.28. The van der Waals surface area contributed by atoms with Gasteiger partial charge in [0, 0.05) is 17.9 Å². The first-order chi connectivity index (χ1) is 13.4. The number of aryl methyl sites for hydroxylation is 1. The van der Waals surface area contributed by atoms with Gasteiger partial charge in [-0.3, -0.25) is 4.79 Å². The molecule has 0 spiro atoms. The number of rotatable bonds is 5. The van der Waals surface area contributed by atoms with Gasteiger partial charge in [-0.1, -0.05) is 26.7 Å². The number of aromatic nitrogens is 2. The van der Waals surface area contributed by atoms with E-state index in [-0.39, 0.29) is 11.9 Å². The Labute approximate surface area is 166 Å². The molecule has 1 aromatic carbocycles. The van der Waals surface area contributed by atoms with E-state index in [1.807, 2.05) is 25.1 Å². The van der Waals surface area contributed by atoms with Crippen molar-refractivity contribution < 1.29 is 14.3 Å². The minimum absolute atomic E-state index is 0.147. The zero-order valence-electron chi connectivity index (χ0n) is 17.0. The van der Waals surface area contributed by atoms with Crippen molar-refractivity contribution in [3.8, 4) is 5.69 Å². The second-order valence-corrected chi connectivity index (χ2v) is 7.86. The summed E-state index contributed by atoms with van der Waals surface area (Å²) in [6.45, 7) is 7.98. The number of esters is 1. The van der Waals surface area contributed by atoms with Crippen LogP contribution >= 0.6 is 0 Å². The predicted octanol–water partition coefficient (Wildman–Crippen LogP) is 3.67. The first-order valence-corrected chi connectivity index (χ1v) is 9.99. The summed E-state index contributed by atoms with van der Waals surface area (Å²) in [4.78, 5) is 24.9. The van der Waals surface area contributed by atoms with Crippen LogP contribution in [0.2, 0.25) is 0 Å². The molecule has 1 aliphatic carbocycles. The van der Waals surface area contributed by atoms with E-state index in [1.54, 1.807) is 29.9 Å². The van der Waals surface area contributed by atoms with E-state index in [1.165, 1.54) is 6.42 Å². The highest BCUT2D eigenvalue weighted by molar-refractivity contribution is 5.92. The van der Waals surface area contributed by atoms with Gasteiger partial charge in [-0.15, -0.1) is 0 Å². The molecule has 2 aromatic rings. The maximum atomic E-state index is 12.5. The van der Waals surface area contributed by atoms with Gasteiger partial charge in [0.15, 0.2) is 6.10 Å². The molecule has 0 bridgehead atoms. The number of hydrogen-bond acceptors (Lipinski definition) is 4. The fourth-order valence-corrected chi connectivity index (χ4v) is 3.75. The SMILES string of the molecule is Cc1ccnn1-c1ccc(C(=O)O[C@H](C)C(=O)N[C@@H]2CCC[C@H](C)[C@@H]2C)cc1. The molecule has 3 rings (SSSR count). The van der Waals surface area contributed by atoms with Crippen LogP contribution in [-0.4, -0.2) is 33.8 Å². The average Bonchev–Trinajstić information content (AvgIpc) is 3.11. The number of amides is 1. The van der Waals surface area contributed by atoms with Crippen molar-refractivity contribution in [2.45, 2.75) is 59.1 Å². The summed E-state index contributed by atoms with van der Waals surface area (Å²) in [6.07, 6.45) is 4.20. The number of nitrogens with one attached hydrogen (secondary N) is 1.